The Morgan fingerprint density at radius 1 is 1.19 bits per heavy atom. The molecule has 1 nitrogen and oxygen atoms in total. The minimum atomic E-state index is 0.510. The summed E-state index contributed by atoms with van der Waals surface area (Å²) in [5, 5.41) is 3.87. The van der Waals surface area contributed by atoms with Crippen molar-refractivity contribution in [3.8, 4) is 0 Å². The Balaban J connectivity index is 1.83. The maximum absolute atomic E-state index is 3.87. The molecule has 2 rings (SSSR count). The maximum atomic E-state index is 3.87. The molecule has 0 saturated heterocycles. The summed E-state index contributed by atoms with van der Waals surface area (Å²) in [6, 6.07) is 5.83. The second-order valence-electron chi connectivity index (χ2n) is 7.44. The van der Waals surface area contributed by atoms with Gasteiger partial charge in [0.25, 0.3) is 0 Å². The van der Waals surface area contributed by atoms with Crippen molar-refractivity contribution in [2.45, 2.75) is 85.2 Å². The highest BCUT2D eigenvalue weighted by Gasteiger charge is 2.32. The van der Waals surface area contributed by atoms with Crippen molar-refractivity contribution in [3.05, 3.63) is 21.9 Å². The van der Waals surface area contributed by atoms with Crippen LogP contribution in [-0.2, 0) is 6.42 Å². The Hall–Kier alpha value is -0.340. The molecule has 0 radical (unpaired) electrons. The molecule has 0 aliphatic heterocycles. The molecule has 1 aliphatic carbocycles. The fraction of sp³-hybridized carbons (Fsp3) is 0.789. The Kier molecular flexibility index (Phi) is 5.90. The first-order valence-corrected chi connectivity index (χ1v) is 9.62. The van der Waals surface area contributed by atoms with Gasteiger partial charge in [0.15, 0.2) is 0 Å². The number of hydrogen-bond acceptors (Lipinski definition) is 2. The third-order valence-electron chi connectivity index (χ3n) is 5.69. The zero-order valence-electron chi connectivity index (χ0n) is 14.5. The first-order valence-electron chi connectivity index (χ1n) is 8.81. The lowest BCUT2D eigenvalue weighted by Gasteiger charge is -2.39. The van der Waals surface area contributed by atoms with Crippen LogP contribution in [0.4, 0.5) is 0 Å². The van der Waals surface area contributed by atoms with Crippen molar-refractivity contribution in [3.63, 3.8) is 0 Å². The van der Waals surface area contributed by atoms with Crippen LogP contribution in [0.2, 0.25) is 0 Å². The molecule has 120 valence electrons. The van der Waals surface area contributed by atoms with Crippen LogP contribution in [0.25, 0.3) is 0 Å². The lowest BCUT2D eigenvalue weighted by Crippen LogP contribution is -2.37. The average molecular weight is 308 g/mol. The topological polar surface area (TPSA) is 12.0 Å². The van der Waals surface area contributed by atoms with Crippen molar-refractivity contribution in [2.24, 2.45) is 11.3 Å². The van der Waals surface area contributed by atoms with Crippen LogP contribution >= 0.6 is 11.3 Å². The highest BCUT2D eigenvalue weighted by atomic mass is 32.1. The summed E-state index contributed by atoms with van der Waals surface area (Å²) in [5.74, 6) is 0.921. The van der Waals surface area contributed by atoms with Crippen LogP contribution < -0.4 is 5.32 Å². The van der Waals surface area contributed by atoms with Crippen LogP contribution in [0.1, 0.15) is 82.5 Å². The van der Waals surface area contributed by atoms with E-state index in [1.54, 1.807) is 0 Å². The van der Waals surface area contributed by atoms with E-state index < -0.39 is 0 Å². The predicted octanol–water partition coefficient (Wildman–Crippen LogP) is 5.96. The summed E-state index contributed by atoms with van der Waals surface area (Å²) >= 11 is 1.98. The van der Waals surface area contributed by atoms with Gasteiger partial charge in [-0.25, -0.2) is 0 Å². The summed E-state index contributed by atoms with van der Waals surface area (Å²) in [7, 11) is 0. The van der Waals surface area contributed by atoms with Crippen molar-refractivity contribution < 1.29 is 0 Å². The van der Waals surface area contributed by atoms with Crippen molar-refractivity contribution in [2.75, 3.05) is 0 Å². The molecule has 1 unspecified atom stereocenters. The van der Waals surface area contributed by atoms with Crippen LogP contribution in [0.3, 0.4) is 0 Å². The summed E-state index contributed by atoms with van der Waals surface area (Å²) in [6.07, 6.45) is 7.97. The van der Waals surface area contributed by atoms with E-state index in [9.17, 15) is 0 Å². The number of rotatable bonds is 6. The van der Waals surface area contributed by atoms with E-state index in [0.717, 1.165) is 18.4 Å². The summed E-state index contributed by atoms with van der Waals surface area (Å²) in [6.45, 7) is 11.8. The fourth-order valence-electron chi connectivity index (χ4n) is 3.58. The van der Waals surface area contributed by atoms with Gasteiger partial charge in [0, 0.05) is 21.8 Å². The first-order chi connectivity index (χ1) is 9.96. The molecule has 1 heterocycles. The van der Waals surface area contributed by atoms with Crippen molar-refractivity contribution in [1.82, 2.24) is 5.32 Å². The standard InChI is InChI=1S/C19H33NS/c1-6-17-12-13-18(21-17)14(3)20-16-10-8-15(9-11-16)19(4,5)7-2/h12-16,20H,6-11H2,1-5H3. The SMILES string of the molecule is CCc1ccc(C(C)NC2CCC(C(C)(C)CC)CC2)s1. The number of thiophene rings is 1. The predicted molar refractivity (Wildman–Crippen MR) is 95.1 cm³/mol. The van der Waals surface area contributed by atoms with E-state index in [2.05, 4.69) is 52.1 Å². The Labute approximate surface area is 135 Å². The zero-order valence-corrected chi connectivity index (χ0v) is 15.4. The van der Waals surface area contributed by atoms with Gasteiger partial charge in [-0.2, -0.15) is 0 Å². The molecule has 1 aliphatic rings. The molecule has 0 amide bonds. The third-order valence-corrected chi connectivity index (χ3v) is 7.10. The number of hydrogen-bond donors (Lipinski definition) is 1. The molecule has 2 heteroatoms. The molecule has 1 aromatic heterocycles. The minimum absolute atomic E-state index is 0.510. The largest absolute Gasteiger partial charge is 0.307 e. The summed E-state index contributed by atoms with van der Waals surface area (Å²) in [5.41, 5.74) is 0.528. The quantitative estimate of drug-likeness (QED) is 0.684. The number of aryl methyl sites for hydroxylation is 1. The van der Waals surface area contributed by atoms with Crippen LogP contribution in [-0.4, -0.2) is 6.04 Å². The van der Waals surface area contributed by atoms with Gasteiger partial charge in [-0.05, 0) is 62.5 Å². The van der Waals surface area contributed by atoms with Gasteiger partial charge in [-0.1, -0.05) is 34.1 Å². The summed E-state index contributed by atoms with van der Waals surface area (Å²) in [4.78, 5) is 3.01. The van der Waals surface area contributed by atoms with E-state index in [-0.39, 0.29) is 0 Å². The van der Waals surface area contributed by atoms with Gasteiger partial charge in [0.2, 0.25) is 0 Å². The molecule has 0 aromatic carbocycles. The molecule has 1 fully saturated rings. The number of nitrogens with one attached hydrogen (secondary N) is 1. The molecule has 1 aromatic rings. The van der Waals surface area contributed by atoms with Crippen LogP contribution in [0, 0.1) is 11.3 Å². The maximum Gasteiger partial charge on any atom is 0.0388 e. The van der Waals surface area contributed by atoms with Gasteiger partial charge >= 0.3 is 0 Å². The molecular weight excluding hydrogens is 274 g/mol. The second-order valence-corrected chi connectivity index (χ2v) is 8.64. The highest BCUT2D eigenvalue weighted by Crippen LogP contribution is 2.40. The van der Waals surface area contributed by atoms with Gasteiger partial charge < -0.3 is 5.32 Å². The normalized spacial score (nSPS) is 25.0. The lowest BCUT2D eigenvalue weighted by atomic mass is 9.69. The molecular formula is C19H33NS. The zero-order chi connectivity index (χ0) is 15.5. The molecule has 0 bridgehead atoms. The first kappa shape index (κ1) is 17.0. The van der Waals surface area contributed by atoms with E-state index in [1.165, 1.54) is 41.9 Å². The molecule has 21 heavy (non-hydrogen) atoms. The molecule has 1 N–H and O–H groups in total. The highest BCUT2D eigenvalue weighted by molar-refractivity contribution is 7.12. The smallest absolute Gasteiger partial charge is 0.0388 e. The van der Waals surface area contributed by atoms with E-state index in [0.29, 0.717) is 11.5 Å². The lowest BCUT2D eigenvalue weighted by molar-refractivity contribution is 0.134. The fourth-order valence-corrected chi connectivity index (χ4v) is 4.55. The van der Waals surface area contributed by atoms with Crippen molar-refractivity contribution >= 4 is 11.3 Å². The van der Waals surface area contributed by atoms with Crippen molar-refractivity contribution in [1.29, 1.82) is 0 Å². The monoisotopic (exact) mass is 307 g/mol. The molecule has 1 saturated carbocycles. The van der Waals surface area contributed by atoms with E-state index >= 15 is 0 Å². The van der Waals surface area contributed by atoms with Crippen LogP contribution in [0.5, 0.6) is 0 Å². The van der Waals surface area contributed by atoms with Crippen LogP contribution in [0.15, 0.2) is 12.1 Å². The van der Waals surface area contributed by atoms with Gasteiger partial charge in [-0.3, -0.25) is 0 Å². The second kappa shape index (κ2) is 7.28. The third kappa shape index (κ3) is 4.32. The van der Waals surface area contributed by atoms with E-state index in [4.69, 9.17) is 0 Å². The summed E-state index contributed by atoms with van der Waals surface area (Å²) < 4.78 is 0. The van der Waals surface area contributed by atoms with Gasteiger partial charge in [0.05, 0.1) is 0 Å². The Morgan fingerprint density at radius 2 is 1.86 bits per heavy atom. The molecule has 0 spiro atoms. The Bertz CT molecular complexity index is 427. The average Bonchev–Trinajstić information content (AvgIpc) is 2.97. The minimum Gasteiger partial charge on any atom is -0.307 e. The van der Waals surface area contributed by atoms with Gasteiger partial charge in [0.1, 0.15) is 0 Å². The molecule has 1 atom stereocenters. The van der Waals surface area contributed by atoms with E-state index in [1.807, 2.05) is 11.3 Å². The Morgan fingerprint density at radius 3 is 2.38 bits per heavy atom. The van der Waals surface area contributed by atoms with Gasteiger partial charge in [-0.15, -0.1) is 11.3 Å².